The molecule has 1 aromatic rings. The number of rotatable bonds is 3. The minimum atomic E-state index is 0.488. The Morgan fingerprint density at radius 1 is 1.38 bits per heavy atom. The highest BCUT2D eigenvalue weighted by Crippen LogP contribution is 2.36. The molecule has 2 atom stereocenters. The van der Waals surface area contributed by atoms with Gasteiger partial charge >= 0.3 is 0 Å². The molecule has 0 radical (unpaired) electrons. The highest BCUT2D eigenvalue weighted by atomic mass is 79.9. The van der Waals surface area contributed by atoms with Gasteiger partial charge in [0.2, 0.25) is 0 Å². The Hall–Kier alpha value is -0.600. The maximum absolute atomic E-state index is 3.86. The van der Waals surface area contributed by atoms with Gasteiger partial charge in [-0.3, -0.25) is 0 Å². The monoisotopic (exact) mass is 279 g/mol. The first-order valence-corrected chi connectivity index (χ1v) is 6.63. The van der Waals surface area contributed by atoms with Crippen LogP contribution in [-0.2, 0) is 0 Å². The average Bonchev–Trinajstić information content (AvgIpc) is 2.28. The number of nitrogens with one attached hydrogen (secondary N) is 1. The molecule has 2 heteroatoms. The van der Waals surface area contributed by atoms with Crippen LogP contribution in [0.1, 0.15) is 42.9 Å². The van der Waals surface area contributed by atoms with Crippen LogP contribution in [0, 0.1) is 0 Å². The summed E-state index contributed by atoms with van der Waals surface area (Å²) >= 11 is 3.40. The SMILES string of the molecule is C=C(Br)CNC1CCC(C)c2ccccc21. The van der Waals surface area contributed by atoms with Crippen molar-refractivity contribution in [2.75, 3.05) is 6.54 Å². The third-order valence-electron chi connectivity index (χ3n) is 3.33. The maximum atomic E-state index is 3.86. The van der Waals surface area contributed by atoms with Gasteiger partial charge in [-0.05, 0) is 29.9 Å². The van der Waals surface area contributed by atoms with E-state index in [4.69, 9.17) is 0 Å². The molecule has 0 bridgehead atoms. The van der Waals surface area contributed by atoms with Crippen molar-refractivity contribution >= 4 is 15.9 Å². The van der Waals surface area contributed by atoms with E-state index in [1.54, 1.807) is 0 Å². The highest BCUT2D eigenvalue weighted by molar-refractivity contribution is 9.11. The first-order chi connectivity index (χ1) is 7.68. The molecule has 0 heterocycles. The topological polar surface area (TPSA) is 12.0 Å². The van der Waals surface area contributed by atoms with Crippen LogP contribution in [0.15, 0.2) is 35.3 Å². The molecule has 0 saturated heterocycles. The standard InChI is InChI=1S/C14H18BrN/c1-10-7-8-14(16-9-11(2)15)13-6-4-3-5-12(10)13/h3-6,10,14,16H,2,7-9H2,1H3. The second-order valence-electron chi connectivity index (χ2n) is 4.56. The zero-order valence-corrected chi connectivity index (χ0v) is 11.3. The van der Waals surface area contributed by atoms with Crippen LogP contribution in [0.5, 0.6) is 0 Å². The van der Waals surface area contributed by atoms with Gasteiger partial charge in [-0.25, -0.2) is 0 Å². The molecule has 0 fully saturated rings. The highest BCUT2D eigenvalue weighted by Gasteiger charge is 2.23. The molecule has 0 aromatic heterocycles. The van der Waals surface area contributed by atoms with Crippen LogP contribution in [0.2, 0.25) is 0 Å². The van der Waals surface area contributed by atoms with Crippen LogP contribution in [0.25, 0.3) is 0 Å². The van der Waals surface area contributed by atoms with Crippen molar-refractivity contribution in [2.45, 2.75) is 31.7 Å². The molecule has 1 nitrogen and oxygen atoms in total. The van der Waals surface area contributed by atoms with Gasteiger partial charge in [-0.1, -0.05) is 53.7 Å². The van der Waals surface area contributed by atoms with E-state index in [0.717, 1.165) is 11.0 Å². The van der Waals surface area contributed by atoms with E-state index in [0.29, 0.717) is 12.0 Å². The van der Waals surface area contributed by atoms with Crippen LogP contribution in [0.4, 0.5) is 0 Å². The van der Waals surface area contributed by atoms with Crippen molar-refractivity contribution in [1.29, 1.82) is 0 Å². The molecular formula is C14H18BrN. The Labute approximate surface area is 106 Å². The van der Waals surface area contributed by atoms with E-state index in [1.807, 2.05) is 0 Å². The second kappa shape index (κ2) is 5.15. The molecule has 1 aliphatic rings. The number of fused-ring (bicyclic) bond motifs is 1. The van der Waals surface area contributed by atoms with E-state index in [9.17, 15) is 0 Å². The van der Waals surface area contributed by atoms with Crippen LogP contribution in [-0.4, -0.2) is 6.54 Å². The molecule has 86 valence electrons. The molecule has 0 amide bonds. The molecule has 16 heavy (non-hydrogen) atoms. The lowest BCUT2D eigenvalue weighted by molar-refractivity contribution is 0.447. The van der Waals surface area contributed by atoms with E-state index < -0.39 is 0 Å². The van der Waals surface area contributed by atoms with Crippen LogP contribution >= 0.6 is 15.9 Å². The zero-order valence-electron chi connectivity index (χ0n) is 9.67. The third-order valence-corrected chi connectivity index (χ3v) is 3.61. The second-order valence-corrected chi connectivity index (χ2v) is 5.68. The van der Waals surface area contributed by atoms with Crippen molar-refractivity contribution in [3.63, 3.8) is 0 Å². The summed E-state index contributed by atoms with van der Waals surface area (Å²) in [6, 6.07) is 9.27. The van der Waals surface area contributed by atoms with Crippen molar-refractivity contribution < 1.29 is 0 Å². The molecule has 1 aromatic carbocycles. The first-order valence-electron chi connectivity index (χ1n) is 5.84. The number of benzene rings is 1. The fourth-order valence-corrected chi connectivity index (χ4v) is 2.61. The summed E-state index contributed by atoms with van der Waals surface area (Å²) in [4.78, 5) is 0. The van der Waals surface area contributed by atoms with Crippen LogP contribution in [0.3, 0.4) is 0 Å². The smallest absolute Gasteiger partial charge is 0.0326 e. The molecule has 1 N–H and O–H groups in total. The zero-order chi connectivity index (χ0) is 11.5. The van der Waals surface area contributed by atoms with Crippen LogP contribution < -0.4 is 5.32 Å². The minimum Gasteiger partial charge on any atom is -0.305 e. The van der Waals surface area contributed by atoms with E-state index in [2.05, 4.69) is 59.0 Å². The Bertz CT molecular complexity index is 386. The van der Waals surface area contributed by atoms with Gasteiger partial charge in [0.1, 0.15) is 0 Å². The Morgan fingerprint density at radius 2 is 2.06 bits per heavy atom. The number of hydrogen-bond acceptors (Lipinski definition) is 1. The number of hydrogen-bond donors (Lipinski definition) is 1. The minimum absolute atomic E-state index is 0.488. The molecule has 1 aliphatic carbocycles. The lowest BCUT2D eigenvalue weighted by atomic mass is 9.81. The molecule has 0 spiro atoms. The summed E-state index contributed by atoms with van der Waals surface area (Å²) in [6.45, 7) is 7.02. The average molecular weight is 280 g/mol. The molecular weight excluding hydrogens is 262 g/mol. The van der Waals surface area contributed by atoms with Crippen molar-refractivity contribution in [1.82, 2.24) is 5.32 Å². The predicted molar refractivity (Wildman–Crippen MR) is 72.9 cm³/mol. The van der Waals surface area contributed by atoms with Crippen molar-refractivity contribution in [2.24, 2.45) is 0 Å². The van der Waals surface area contributed by atoms with Crippen molar-refractivity contribution in [3.8, 4) is 0 Å². The molecule has 0 aliphatic heterocycles. The Morgan fingerprint density at radius 3 is 2.75 bits per heavy atom. The summed E-state index contributed by atoms with van der Waals surface area (Å²) in [5.74, 6) is 0.696. The third kappa shape index (κ3) is 2.55. The molecule has 2 rings (SSSR count). The first kappa shape index (κ1) is 11.9. The Balaban J connectivity index is 2.18. The quantitative estimate of drug-likeness (QED) is 0.878. The lowest BCUT2D eigenvalue weighted by Gasteiger charge is -2.30. The summed E-state index contributed by atoms with van der Waals surface area (Å²) < 4.78 is 1.02. The van der Waals surface area contributed by atoms with Gasteiger partial charge in [-0.15, -0.1) is 0 Å². The summed E-state index contributed by atoms with van der Waals surface area (Å²) in [5.41, 5.74) is 2.97. The van der Waals surface area contributed by atoms with E-state index >= 15 is 0 Å². The molecule has 2 unspecified atom stereocenters. The maximum Gasteiger partial charge on any atom is 0.0326 e. The fourth-order valence-electron chi connectivity index (χ4n) is 2.45. The largest absolute Gasteiger partial charge is 0.305 e. The summed E-state index contributed by atoms with van der Waals surface area (Å²) in [5, 5.41) is 3.55. The van der Waals surface area contributed by atoms with E-state index in [1.165, 1.54) is 24.0 Å². The Kier molecular flexibility index (Phi) is 3.82. The summed E-state index contributed by atoms with van der Waals surface area (Å²) in [6.07, 6.45) is 2.49. The fraction of sp³-hybridized carbons (Fsp3) is 0.429. The number of halogens is 1. The molecule has 0 saturated carbocycles. The lowest BCUT2D eigenvalue weighted by Crippen LogP contribution is -2.27. The normalized spacial score (nSPS) is 23.9. The van der Waals surface area contributed by atoms with Gasteiger partial charge in [0.05, 0.1) is 0 Å². The predicted octanol–water partition coefficient (Wildman–Crippen LogP) is 4.12. The van der Waals surface area contributed by atoms with Gasteiger partial charge in [0, 0.05) is 17.1 Å². The van der Waals surface area contributed by atoms with Crippen molar-refractivity contribution in [3.05, 3.63) is 46.5 Å². The van der Waals surface area contributed by atoms with Gasteiger partial charge in [0.25, 0.3) is 0 Å². The van der Waals surface area contributed by atoms with Gasteiger partial charge < -0.3 is 5.32 Å². The van der Waals surface area contributed by atoms with Gasteiger partial charge in [-0.2, -0.15) is 0 Å². The van der Waals surface area contributed by atoms with E-state index in [-0.39, 0.29) is 0 Å². The van der Waals surface area contributed by atoms with Gasteiger partial charge in [0.15, 0.2) is 0 Å². The summed E-state index contributed by atoms with van der Waals surface area (Å²) in [7, 11) is 0.